The Bertz CT molecular complexity index is 2770. The maximum Gasteiger partial charge on any atom is 0.407 e. The highest BCUT2D eigenvalue weighted by Gasteiger charge is 2.26. The summed E-state index contributed by atoms with van der Waals surface area (Å²) in [5, 5.41) is 15.1. The highest BCUT2D eigenvalue weighted by atomic mass is 16.6. The van der Waals surface area contributed by atoms with Crippen LogP contribution in [0.5, 0.6) is 11.5 Å². The number of carbonyl (C=O) groups excluding carboxylic acids is 6. The van der Waals surface area contributed by atoms with E-state index in [-0.39, 0.29) is 51.1 Å². The van der Waals surface area contributed by atoms with Gasteiger partial charge in [-0.05, 0) is 138 Å². The van der Waals surface area contributed by atoms with Crippen molar-refractivity contribution in [1.82, 2.24) is 21.3 Å². The molecule has 80 heavy (non-hydrogen) atoms. The molecule has 426 valence electrons. The van der Waals surface area contributed by atoms with Crippen LogP contribution in [0.3, 0.4) is 0 Å². The summed E-state index contributed by atoms with van der Waals surface area (Å²) >= 11 is 0. The molecule has 0 saturated carbocycles. The molecule has 4 amide bonds. The molecule has 0 aliphatic rings. The fourth-order valence-electron chi connectivity index (χ4n) is 8.73. The SMILES string of the molecule is CC(C)(C)OC(=O)NCCCC[C@@H](NC(=O)CCCOc1ccc2ccccc2c1-c1c(OCCCC(=O)N[C@H](CCCCNC(=O)OC(C)(C)C)C(=O)OCc2ccccc2)ccc2ccccc12)C(=O)OCc1ccccc1. The van der Waals surface area contributed by atoms with Gasteiger partial charge in [0.1, 0.15) is 48.0 Å². The minimum atomic E-state index is -0.900. The van der Waals surface area contributed by atoms with E-state index in [1.54, 1.807) is 41.5 Å². The number of benzene rings is 6. The normalized spacial score (nSPS) is 12.1. The van der Waals surface area contributed by atoms with E-state index in [4.69, 9.17) is 28.4 Å². The van der Waals surface area contributed by atoms with E-state index in [0.717, 1.165) is 43.8 Å². The van der Waals surface area contributed by atoms with Gasteiger partial charge in [-0.1, -0.05) is 121 Å². The summed E-state index contributed by atoms with van der Waals surface area (Å²) < 4.78 is 35.1. The van der Waals surface area contributed by atoms with Crippen LogP contribution in [0.4, 0.5) is 9.59 Å². The van der Waals surface area contributed by atoms with E-state index in [9.17, 15) is 28.8 Å². The molecule has 0 aromatic heterocycles. The molecule has 0 bridgehead atoms. The molecule has 0 aliphatic heterocycles. The van der Waals surface area contributed by atoms with Crippen LogP contribution in [0, 0.1) is 0 Å². The van der Waals surface area contributed by atoms with Crippen LogP contribution in [0.1, 0.15) is 117 Å². The third-order valence-corrected chi connectivity index (χ3v) is 12.5. The Morgan fingerprint density at radius 2 is 0.812 bits per heavy atom. The van der Waals surface area contributed by atoms with Crippen LogP contribution < -0.4 is 30.7 Å². The van der Waals surface area contributed by atoms with Crippen LogP contribution in [0.15, 0.2) is 133 Å². The fourth-order valence-corrected chi connectivity index (χ4v) is 8.73. The van der Waals surface area contributed by atoms with Crippen molar-refractivity contribution in [2.75, 3.05) is 26.3 Å². The summed E-state index contributed by atoms with van der Waals surface area (Å²) in [5.74, 6) is -0.590. The molecule has 0 aliphatic carbocycles. The number of carbonyl (C=O) groups is 6. The minimum Gasteiger partial charge on any atom is -0.493 e. The lowest BCUT2D eigenvalue weighted by atomic mass is 9.92. The Balaban J connectivity index is 1.09. The first kappa shape index (κ1) is 61.1. The predicted molar refractivity (Wildman–Crippen MR) is 309 cm³/mol. The van der Waals surface area contributed by atoms with Crippen LogP contribution in [-0.4, -0.2) is 85.5 Å². The second-order valence-corrected chi connectivity index (χ2v) is 21.5. The molecular weight excluding hydrogens is 1020 g/mol. The molecule has 0 spiro atoms. The minimum absolute atomic E-state index is 0.0615. The molecule has 6 rings (SSSR count). The van der Waals surface area contributed by atoms with Gasteiger partial charge in [0.05, 0.1) is 13.2 Å². The van der Waals surface area contributed by atoms with Gasteiger partial charge in [0, 0.05) is 37.1 Å². The number of unbranched alkanes of at least 4 members (excludes halogenated alkanes) is 2. The second-order valence-electron chi connectivity index (χ2n) is 21.5. The van der Waals surface area contributed by atoms with Crippen molar-refractivity contribution in [3.63, 3.8) is 0 Å². The summed E-state index contributed by atoms with van der Waals surface area (Å²) in [6.07, 6.45) is 2.55. The van der Waals surface area contributed by atoms with Gasteiger partial charge in [0.2, 0.25) is 11.8 Å². The largest absolute Gasteiger partial charge is 0.493 e. The number of hydrogen-bond donors (Lipinski definition) is 4. The summed E-state index contributed by atoms with van der Waals surface area (Å²) in [6, 6.07) is 40.7. The lowest BCUT2D eigenvalue weighted by Crippen LogP contribution is -2.42. The van der Waals surface area contributed by atoms with E-state index < -0.39 is 47.4 Å². The fraction of sp³-hybridized carbons (Fsp3) is 0.406. The molecule has 16 heteroatoms. The van der Waals surface area contributed by atoms with Crippen molar-refractivity contribution in [2.45, 2.75) is 142 Å². The van der Waals surface area contributed by atoms with Gasteiger partial charge in [0.15, 0.2) is 0 Å². The maximum absolute atomic E-state index is 13.5. The quantitative estimate of drug-likeness (QED) is 0.0197. The molecule has 16 nitrogen and oxygen atoms in total. The third kappa shape index (κ3) is 20.9. The van der Waals surface area contributed by atoms with Gasteiger partial charge in [-0.3, -0.25) is 9.59 Å². The molecule has 0 radical (unpaired) electrons. The van der Waals surface area contributed by atoms with E-state index in [2.05, 4.69) is 21.3 Å². The summed E-state index contributed by atoms with van der Waals surface area (Å²) in [7, 11) is 0. The first-order valence-corrected chi connectivity index (χ1v) is 27.7. The van der Waals surface area contributed by atoms with Crippen LogP contribution in [0.25, 0.3) is 32.7 Å². The van der Waals surface area contributed by atoms with Crippen molar-refractivity contribution < 1.29 is 57.2 Å². The van der Waals surface area contributed by atoms with Crippen LogP contribution >= 0.6 is 0 Å². The zero-order valence-corrected chi connectivity index (χ0v) is 47.1. The van der Waals surface area contributed by atoms with E-state index in [0.29, 0.717) is 76.0 Å². The molecule has 0 fully saturated rings. The predicted octanol–water partition coefficient (Wildman–Crippen LogP) is 11.8. The number of ether oxygens (including phenoxy) is 6. The molecule has 6 aromatic rings. The second kappa shape index (κ2) is 30.9. The number of hydrogen-bond acceptors (Lipinski definition) is 12. The average molecular weight is 1100 g/mol. The van der Waals surface area contributed by atoms with Gasteiger partial charge in [-0.2, -0.15) is 0 Å². The zero-order valence-electron chi connectivity index (χ0n) is 47.1. The summed E-state index contributed by atoms with van der Waals surface area (Å²) in [5.41, 5.74) is 1.99. The Morgan fingerprint density at radius 3 is 1.20 bits per heavy atom. The molecule has 6 aromatic carbocycles. The highest BCUT2D eigenvalue weighted by molar-refractivity contribution is 6.09. The van der Waals surface area contributed by atoms with Crippen molar-refractivity contribution in [2.24, 2.45) is 0 Å². The summed E-state index contributed by atoms with van der Waals surface area (Å²) in [6.45, 7) is 11.9. The standard InChI is InChI=1S/C64H78N4O12/c1-63(2,3)79-61(73)65-39-19-17-31-51(59(71)77-43-45-23-9-7-10-24-45)67-55(69)33-21-41-75-53-37-35-47-27-13-15-29-49(47)57(53)58-50-30-16-14-28-48(50)36-38-54(58)76-42-22-34-56(70)68-52(60(72)78-44-46-25-11-8-12-26-46)32-18-20-40-66-62(74)80-64(4,5)6/h7-16,23-30,35-38,51-52H,17-22,31-34,39-44H2,1-6H3,(H,65,73)(H,66,74)(H,67,69)(H,68,70)/t51-,52-/m1/s1. The van der Waals surface area contributed by atoms with E-state index in [1.807, 2.05) is 133 Å². The van der Waals surface area contributed by atoms with Gasteiger partial charge in [-0.15, -0.1) is 0 Å². The Labute approximate surface area is 469 Å². The molecule has 4 N–H and O–H groups in total. The van der Waals surface area contributed by atoms with Gasteiger partial charge < -0.3 is 49.7 Å². The number of amides is 4. The number of alkyl carbamates (subject to hydrolysis) is 2. The topological polar surface area (TPSA) is 206 Å². The summed E-state index contributed by atoms with van der Waals surface area (Å²) in [4.78, 5) is 78.2. The van der Waals surface area contributed by atoms with Gasteiger partial charge >= 0.3 is 24.1 Å². The molecule has 2 atom stereocenters. The van der Waals surface area contributed by atoms with Crippen molar-refractivity contribution in [1.29, 1.82) is 0 Å². The van der Waals surface area contributed by atoms with Crippen molar-refractivity contribution in [3.05, 3.63) is 145 Å². The molecular formula is C64H78N4O12. The number of esters is 2. The number of rotatable bonds is 29. The smallest absolute Gasteiger partial charge is 0.407 e. The van der Waals surface area contributed by atoms with Crippen LogP contribution in [0.2, 0.25) is 0 Å². The van der Waals surface area contributed by atoms with Gasteiger partial charge in [-0.25, -0.2) is 19.2 Å². The maximum atomic E-state index is 13.5. The first-order valence-electron chi connectivity index (χ1n) is 27.7. The molecule has 0 saturated heterocycles. The molecule has 0 heterocycles. The van der Waals surface area contributed by atoms with Gasteiger partial charge in [0.25, 0.3) is 0 Å². The third-order valence-electron chi connectivity index (χ3n) is 12.5. The number of fused-ring (bicyclic) bond motifs is 2. The Hall–Kier alpha value is -8.14. The number of nitrogens with one attached hydrogen (secondary N) is 4. The lowest BCUT2D eigenvalue weighted by Gasteiger charge is -2.21. The van der Waals surface area contributed by atoms with Crippen LogP contribution in [-0.2, 0) is 51.3 Å². The van der Waals surface area contributed by atoms with E-state index in [1.165, 1.54) is 0 Å². The lowest BCUT2D eigenvalue weighted by molar-refractivity contribution is -0.149. The van der Waals surface area contributed by atoms with Crippen molar-refractivity contribution in [3.8, 4) is 22.6 Å². The first-order chi connectivity index (χ1) is 38.4. The molecule has 0 unspecified atom stereocenters. The van der Waals surface area contributed by atoms with E-state index >= 15 is 0 Å². The average Bonchev–Trinajstić information content (AvgIpc) is 3.63. The highest BCUT2D eigenvalue weighted by Crippen LogP contribution is 2.45. The van der Waals surface area contributed by atoms with Crippen molar-refractivity contribution >= 4 is 57.5 Å². The Kier molecular flexibility index (Phi) is 23.6. The monoisotopic (exact) mass is 1090 g/mol. The zero-order chi connectivity index (χ0) is 57.3. The Morgan fingerprint density at radius 1 is 0.438 bits per heavy atom.